The van der Waals surface area contributed by atoms with Crippen molar-refractivity contribution < 1.29 is 27.8 Å². The second-order valence-electron chi connectivity index (χ2n) is 4.54. The minimum absolute atomic E-state index is 0.0920. The van der Waals surface area contributed by atoms with Crippen LogP contribution in [0.1, 0.15) is 10.4 Å². The van der Waals surface area contributed by atoms with E-state index in [1.807, 2.05) is 0 Å². The van der Waals surface area contributed by atoms with Gasteiger partial charge in [0.25, 0.3) is 5.91 Å². The smallest absolute Gasteiger partial charge is 0.387 e. The van der Waals surface area contributed by atoms with Crippen molar-refractivity contribution in [2.75, 3.05) is 19.5 Å². The molecule has 0 unspecified atom stereocenters. The molecule has 2 aromatic carbocycles. The molecule has 0 aromatic heterocycles. The Labute approximate surface area is 142 Å². The average molecular weight is 358 g/mol. The first kappa shape index (κ1) is 17.8. The van der Waals surface area contributed by atoms with Crippen molar-refractivity contribution in [3.63, 3.8) is 0 Å². The molecule has 0 atom stereocenters. The Balaban J connectivity index is 2.23. The van der Waals surface area contributed by atoms with E-state index in [0.717, 1.165) is 6.07 Å². The lowest BCUT2D eigenvalue weighted by Gasteiger charge is -2.12. The van der Waals surface area contributed by atoms with Gasteiger partial charge in [0.1, 0.15) is 5.75 Å². The van der Waals surface area contributed by atoms with E-state index in [9.17, 15) is 13.6 Å². The van der Waals surface area contributed by atoms with Gasteiger partial charge in [-0.1, -0.05) is 11.6 Å². The van der Waals surface area contributed by atoms with Crippen LogP contribution in [0.2, 0.25) is 5.02 Å². The standard InChI is InChI=1S/C16H14ClF2NO4/c1-22-10-4-5-12(11(17)8-10)20-15(21)9-3-6-13(23-2)14(7-9)24-16(18)19/h3-8,16H,1-2H3,(H,20,21). The predicted molar refractivity (Wildman–Crippen MR) is 85.6 cm³/mol. The molecule has 0 saturated carbocycles. The second kappa shape index (κ2) is 7.83. The van der Waals surface area contributed by atoms with Gasteiger partial charge in [-0.25, -0.2) is 0 Å². The lowest BCUT2D eigenvalue weighted by Crippen LogP contribution is -2.13. The molecule has 1 amide bonds. The summed E-state index contributed by atoms with van der Waals surface area (Å²) in [5, 5.41) is 2.86. The van der Waals surface area contributed by atoms with Gasteiger partial charge in [0.2, 0.25) is 0 Å². The Morgan fingerprint density at radius 1 is 1.08 bits per heavy atom. The van der Waals surface area contributed by atoms with E-state index in [4.69, 9.17) is 21.1 Å². The monoisotopic (exact) mass is 357 g/mol. The van der Waals surface area contributed by atoms with Crippen molar-refractivity contribution in [1.29, 1.82) is 0 Å². The number of benzene rings is 2. The van der Waals surface area contributed by atoms with E-state index in [1.54, 1.807) is 12.1 Å². The van der Waals surface area contributed by atoms with Gasteiger partial charge < -0.3 is 19.5 Å². The van der Waals surface area contributed by atoms with Crippen molar-refractivity contribution in [3.8, 4) is 17.2 Å². The number of hydrogen-bond donors (Lipinski definition) is 1. The Morgan fingerprint density at radius 3 is 2.42 bits per heavy atom. The Kier molecular flexibility index (Phi) is 5.81. The maximum absolute atomic E-state index is 12.4. The summed E-state index contributed by atoms with van der Waals surface area (Å²) < 4.78 is 39.2. The SMILES string of the molecule is COc1ccc(NC(=O)c2ccc(OC)c(OC(F)F)c2)c(Cl)c1. The number of anilines is 1. The fourth-order valence-electron chi connectivity index (χ4n) is 1.92. The van der Waals surface area contributed by atoms with Gasteiger partial charge in [-0.15, -0.1) is 0 Å². The van der Waals surface area contributed by atoms with E-state index >= 15 is 0 Å². The Bertz CT molecular complexity index is 740. The summed E-state index contributed by atoms with van der Waals surface area (Å²) in [5.41, 5.74) is 0.466. The van der Waals surface area contributed by atoms with Crippen LogP contribution >= 0.6 is 11.6 Å². The topological polar surface area (TPSA) is 56.8 Å². The van der Waals surface area contributed by atoms with Crippen LogP contribution in [0.25, 0.3) is 0 Å². The molecular formula is C16H14ClF2NO4. The molecular weight excluding hydrogens is 344 g/mol. The van der Waals surface area contributed by atoms with Gasteiger partial charge in [0, 0.05) is 11.6 Å². The number of rotatable bonds is 6. The molecule has 128 valence electrons. The van der Waals surface area contributed by atoms with Crippen LogP contribution < -0.4 is 19.5 Å². The van der Waals surface area contributed by atoms with Gasteiger partial charge in [0.05, 0.1) is 24.9 Å². The van der Waals surface area contributed by atoms with Crippen LogP contribution in [0.3, 0.4) is 0 Å². The summed E-state index contributed by atoms with van der Waals surface area (Å²) in [6.45, 7) is -3.03. The average Bonchev–Trinajstić information content (AvgIpc) is 2.56. The molecule has 0 aliphatic heterocycles. The van der Waals surface area contributed by atoms with E-state index in [0.29, 0.717) is 11.4 Å². The summed E-state index contributed by atoms with van der Waals surface area (Å²) in [7, 11) is 2.80. The molecule has 0 aliphatic carbocycles. The first-order chi connectivity index (χ1) is 11.4. The van der Waals surface area contributed by atoms with Crippen LogP contribution in [-0.2, 0) is 0 Å². The zero-order valence-corrected chi connectivity index (χ0v) is 13.6. The minimum atomic E-state index is -3.03. The molecule has 8 heteroatoms. The summed E-state index contributed by atoms with van der Waals surface area (Å²) in [5.74, 6) is -0.144. The third-order valence-corrected chi connectivity index (χ3v) is 3.38. The molecule has 5 nitrogen and oxygen atoms in total. The maximum Gasteiger partial charge on any atom is 0.387 e. The number of alkyl halides is 2. The quantitative estimate of drug-likeness (QED) is 0.841. The Hall–Kier alpha value is -2.54. The van der Waals surface area contributed by atoms with Gasteiger partial charge in [-0.3, -0.25) is 4.79 Å². The van der Waals surface area contributed by atoms with Crippen LogP contribution in [0.4, 0.5) is 14.5 Å². The third-order valence-electron chi connectivity index (χ3n) is 3.07. The largest absolute Gasteiger partial charge is 0.497 e. The van der Waals surface area contributed by atoms with Gasteiger partial charge >= 0.3 is 6.61 Å². The number of ether oxygens (including phenoxy) is 3. The second-order valence-corrected chi connectivity index (χ2v) is 4.95. The van der Waals surface area contributed by atoms with Gasteiger partial charge in [0.15, 0.2) is 11.5 Å². The summed E-state index contributed by atoms with van der Waals surface area (Å²) in [4.78, 5) is 12.3. The zero-order chi connectivity index (χ0) is 17.7. The van der Waals surface area contributed by atoms with Crippen molar-refractivity contribution in [2.24, 2.45) is 0 Å². The molecule has 0 radical (unpaired) electrons. The first-order valence-electron chi connectivity index (χ1n) is 6.72. The number of carbonyl (C=O) groups is 1. The summed E-state index contributed by atoms with van der Waals surface area (Å²) >= 11 is 6.05. The van der Waals surface area contributed by atoms with Gasteiger partial charge in [-0.05, 0) is 30.3 Å². The molecule has 0 aliphatic rings. The molecule has 2 rings (SSSR count). The number of halogens is 3. The molecule has 0 fully saturated rings. The van der Waals surface area contributed by atoms with Crippen LogP contribution in [0.5, 0.6) is 17.2 Å². The van der Waals surface area contributed by atoms with Crippen molar-refractivity contribution in [3.05, 3.63) is 47.0 Å². The molecule has 0 bridgehead atoms. The number of hydrogen-bond acceptors (Lipinski definition) is 4. The highest BCUT2D eigenvalue weighted by atomic mass is 35.5. The number of nitrogens with one attached hydrogen (secondary N) is 1. The van der Waals surface area contributed by atoms with Crippen LogP contribution in [-0.4, -0.2) is 26.7 Å². The summed E-state index contributed by atoms with van der Waals surface area (Å²) in [6, 6.07) is 8.68. The van der Waals surface area contributed by atoms with E-state index in [2.05, 4.69) is 10.1 Å². The van der Waals surface area contributed by atoms with Crippen LogP contribution in [0.15, 0.2) is 36.4 Å². The molecule has 1 N–H and O–H groups in total. The fraction of sp³-hybridized carbons (Fsp3) is 0.188. The van der Waals surface area contributed by atoms with Crippen LogP contribution in [0, 0.1) is 0 Å². The molecule has 2 aromatic rings. The molecule has 0 heterocycles. The minimum Gasteiger partial charge on any atom is -0.497 e. The highest BCUT2D eigenvalue weighted by Crippen LogP contribution is 2.31. The normalized spacial score (nSPS) is 10.4. The highest BCUT2D eigenvalue weighted by molar-refractivity contribution is 6.34. The Morgan fingerprint density at radius 2 is 1.83 bits per heavy atom. The number of carbonyl (C=O) groups excluding carboxylic acids is 1. The van der Waals surface area contributed by atoms with E-state index < -0.39 is 12.5 Å². The van der Waals surface area contributed by atoms with E-state index in [1.165, 1.54) is 32.4 Å². The van der Waals surface area contributed by atoms with Crippen molar-refractivity contribution >= 4 is 23.2 Å². The first-order valence-corrected chi connectivity index (χ1v) is 7.10. The lowest BCUT2D eigenvalue weighted by atomic mass is 10.2. The molecule has 0 spiro atoms. The zero-order valence-electron chi connectivity index (χ0n) is 12.8. The molecule has 0 saturated heterocycles. The molecule has 24 heavy (non-hydrogen) atoms. The summed E-state index contributed by atoms with van der Waals surface area (Å²) in [6.07, 6.45) is 0. The fourth-order valence-corrected chi connectivity index (χ4v) is 2.14. The van der Waals surface area contributed by atoms with Gasteiger partial charge in [-0.2, -0.15) is 8.78 Å². The lowest BCUT2D eigenvalue weighted by molar-refractivity contribution is -0.0512. The number of methoxy groups -OCH3 is 2. The predicted octanol–water partition coefficient (Wildman–Crippen LogP) is 4.21. The highest BCUT2D eigenvalue weighted by Gasteiger charge is 2.15. The third kappa shape index (κ3) is 4.26. The van der Waals surface area contributed by atoms with Crippen molar-refractivity contribution in [1.82, 2.24) is 0 Å². The maximum atomic E-state index is 12.4. The number of amides is 1. The van der Waals surface area contributed by atoms with E-state index in [-0.39, 0.29) is 22.1 Å². The van der Waals surface area contributed by atoms with Crippen molar-refractivity contribution in [2.45, 2.75) is 6.61 Å².